The van der Waals surface area contributed by atoms with Crippen LogP contribution in [0.2, 0.25) is 0 Å². The summed E-state index contributed by atoms with van der Waals surface area (Å²) >= 11 is 0. The van der Waals surface area contributed by atoms with Crippen LogP contribution in [-0.2, 0) is 0 Å². The van der Waals surface area contributed by atoms with E-state index in [-0.39, 0.29) is 12.4 Å². The van der Waals surface area contributed by atoms with Gasteiger partial charge in [-0.25, -0.2) is 4.39 Å². The van der Waals surface area contributed by atoms with Gasteiger partial charge in [0.25, 0.3) is 0 Å². The van der Waals surface area contributed by atoms with E-state index < -0.39 is 0 Å². The number of terminal acetylenes is 1. The van der Waals surface area contributed by atoms with E-state index in [0.717, 1.165) is 5.56 Å². The summed E-state index contributed by atoms with van der Waals surface area (Å²) in [4.78, 5) is 0. The predicted octanol–water partition coefficient (Wildman–Crippen LogP) is 4.30. The van der Waals surface area contributed by atoms with E-state index in [1.54, 1.807) is 36.4 Å². The first-order valence-corrected chi connectivity index (χ1v) is 7.38. The van der Waals surface area contributed by atoms with Crippen molar-refractivity contribution in [1.82, 2.24) is 0 Å². The largest absolute Gasteiger partial charge is 0.490 e. The highest BCUT2D eigenvalue weighted by atomic mass is 19.1. The minimum Gasteiger partial charge on any atom is -0.490 e. The quantitative estimate of drug-likeness (QED) is 0.452. The van der Waals surface area contributed by atoms with Crippen LogP contribution in [0.4, 0.5) is 4.39 Å². The van der Waals surface area contributed by atoms with Crippen LogP contribution in [0.1, 0.15) is 18.1 Å². The van der Waals surface area contributed by atoms with Gasteiger partial charge in [0.2, 0.25) is 0 Å². The van der Waals surface area contributed by atoms with Crippen molar-refractivity contribution in [3.63, 3.8) is 0 Å². The van der Waals surface area contributed by atoms with Crippen molar-refractivity contribution in [2.75, 3.05) is 13.2 Å². The second kappa shape index (κ2) is 8.41. The Kier molecular flexibility index (Phi) is 6.00. The van der Waals surface area contributed by atoms with Crippen molar-refractivity contribution in [3.8, 4) is 29.9 Å². The van der Waals surface area contributed by atoms with E-state index in [0.29, 0.717) is 29.2 Å². The van der Waals surface area contributed by atoms with E-state index in [1.165, 1.54) is 12.1 Å². The van der Waals surface area contributed by atoms with Crippen LogP contribution in [0.5, 0.6) is 11.5 Å². The zero-order valence-corrected chi connectivity index (χ0v) is 13.3. The highest BCUT2D eigenvalue weighted by Gasteiger charge is 2.07. The van der Waals surface area contributed by atoms with Gasteiger partial charge in [-0.1, -0.05) is 24.1 Å². The van der Waals surface area contributed by atoms with Gasteiger partial charge in [-0.05, 0) is 48.4 Å². The van der Waals surface area contributed by atoms with Crippen molar-refractivity contribution < 1.29 is 13.9 Å². The van der Waals surface area contributed by atoms with Crippen LogP contribution in [0, 0.1) is 29.5 Å². The van der Waals surface area contributed by atoms with Crippen LogP contribution in [0.15, 0.2) is 42.5 Å². The number of ether oxygens (including phenoxy) is 2. The molecule has 2 aromatic carbocycles. The van der Waals surface area contributed by atoms with Gasteiger partial charge in [0.05, 0.1) is 18.2 Å². The van der Waals surface area contributed by atoms with Crippen molar-refractivity contribution >= 4 is 11.6 Å². The molecule has 0 fully saturated rings. The molecule has 120 valence electrons. The molecule has 2 aromatic rings. The minimum atomic E-state index is -0.387. The number of nitriles is 1. The smallest absolute Gasteiger partial charge is 0.162 e. The fraction of sp³-hybridized carbons (Fsp3) is 0.150. The van der Waals surface area contributed by atoms with Crippen molar-refractivity contribution in [1.29, 1.82) is 5.26 Å². The molecule has 2 rings (SSSR count). The maximum Gasteiger partial charge on any atom is 0.162 e. The van der Waals surface area contributed by atoms with E-state index in [2.05, 4.69) is 12.0 Å². The van der Waals surface area contributed by atoms with Gasteiger partial charge >= 0.3 is 0 Å². The summed E-state index contributed by atoms with van der Waals surface area (Å²) in [6.45, 7) is 2.47. The van der Waals surface area contributed by atoms with E-state index in [1.807, 2.05) is 6.92 Å². The van der Waals surface area contributed by atoms with Gasteiger partial charge in [-0.3, -0.25) is 0 Å². The number of rotatable bonds is 6. The van der Waals surface area contributed by atoms with Crippen molar-refractivity contribution in [3.05, 3.63) is 59.4 Å². The normalized spacial score (nSPS) is 10.6. The van der Waals surface area contributed by atoms with Crippen LogP contribution in [0.3, 0.4) is 0 Å². The summed E-state index contributed by atoms with van der Waals surface area (Å²) in [5, 5.41) is 9.36. The van der Waals surface area contributed by atoms with Gasteiger partial charge in [-0.2, -0.15) is 5.26 Å². The van der Waals surface area contributed by atoms with Crippen LogP contribution in [0.25, 0.3) is 11.6 Å². The summed E-state index contributed by atoms with van der Waals surface area (Å²) in [7, 11) is 0. The Balaban J connectivity index is 2.38. The Bertz CT molecular complexity index is 828. The Morgan fingerprint density at radius 1 is 1.21 bits per heavy atom. The average Bonchev–Trinajstić information content (AvgIpc) is 2.59. The number of hydrogen-bond acceptors (Lipinski definition) is 3. The molecule has 24 heavy (non-hydrogen) atoms. The Labute approximate surface area is 141 Å². The molecule has 0 unspecified atom stereocenters. The molecule has 0 aromatic heterocycles. The first kappa shape index (κ1) is 17.1. The first-order valence-electron chi connectivity index (χ1n) is 7.38. The number of benzene rings is 2. The minimum absolute atomic E-state index is 0.141. The summed E-state index contributed by atoms with van der Waals surface area (Å²) in [6.07, 6.45) is 6.87. The second-order valence-electron chi connectivity index (χ2n) is 4.81. The Hall–Kier alpha value is -3.24. The molecule has 0 heterocycles. The Morgan fingerprint density at radius 2 is 2.04 bits per heavy atom. The molecule has 0 atom stereocenters. The molecule has 0 bridgehead atoms. The summed E-state index contributed by atoms with van der Waals surface area (Å²) in [6, 6.07) is 13.3. The molecule has 0 saturated carbocycles. The number of allylic oxidation sites excluding steroid dienone is 1. The zero-order chi connectivity index (χ0) is 17.4. The zero-order valence-electron chi connectivity index (χ0n) is 13.3. The fourth-order valence-corrected chi connectivity index (χ4v) is 2.12. The SMILES string of the molecule is C#CCOc1ccc(/C=C(/C#N)c2cccc(F)c2)cc1OCC. The van der Waals surface area contributed by atoms with Gasteiger partial charge in [-0.15, -0.1) is 6.42 Å². The molecule has 3 nitrogen and oxygen atoms in total. The molecule has 0 spiro atoms. The van der Waals surface area contributed by atoms with Gasteiger partial charge in [0.15, 0.2) is 11.5 Å². The maximum atomic E-state index is 13.3. The molecular weight excluding hydrogens is 305 g/mol. The van der Waals surface area contributed by atoms with Crippen molar-refractivity contribution in [2.45, 2.75) is 6.92 Å². The number of hydrogen-bond donors (Lipinski definition) is 0. The van der Waals surface area contributed by atoms with Gasteiger partial charge < -0.3 is 9.47 Å². The third-order valence-corrected chi connectivity index (χ3v) is 3.15. The van der Waals surface area contributed by atoms with E-state index in [9.17, 15) is 9.65 Å². The standard InChI is InChI=1S/C20H16FNO2/c1-3-10-24-19-9-8-15(12-20(19)23-4-2)11-17(14-22)16-6-5-7-18(21)13-16/h1,5-9,11-13H,4,10H2,2H3/b17-11-. The summed E-state index contributed by atoms with van der Waals surface area (Å²) in [5.41, 5.74) is 1.62. The summed E-state index contributed by atoms with van der Waals surface area (Å²) in [5.74, 6) is 3.09. The number of halogens is 1. The number of nitrogens with zero attached hydrogens (tertiary/aromatic N) is 1. The highest BCUT2D eigenvalue weighted by Crippen LogP contribution is 2.30. The van der Waals surface area contributed by atoms with Gasteiger partial charge in [0, 0.05) is 0 Å². The van der Waals surface area contributed by atoms with E-state index >= 15 is 0 Å². The average molecular weight is 321 g/mol. The molecule has 0 aliphatic heterocycles. The lowest BCUT2D eigenvalue weighted by Crippen LogP contribution is -1.99. The monoisotopic (exact) mass is 321 g/mol. The predicted molar refractivity (Wildman–Crippen MR) is 91.8 cm³/mol. The van der Waals surface area contributed by atoms with Crippen molar-refractivity contribution in [2.24, 2.45) is 0 Å². The molecular formula is C20H16FNO2. The third kappa shape index (κ3) is 4.38. The highest BCUT2D eigenvalue weighted by molar-refractivity contribution is 5.89. The lowest BCUT2D eigenvalue weighted by molar-refractivity contribution is 0.299. The Morgan fingerprint density at radius 3 is 2.71 bits per heavy atom. The van der Waals surface area contributed by atoms with Crippen LogP contribution >= 0.6 is 0 Å². The second-order valence-corrected chi connectivity index (χ2v) is 4.81. The lowest BCUT2D eigenvalue weighted by atomic mass is 10.0. The summed E-state index contributed by atoms with van der Waals surface area (Å²) < 4.78 is 24.3. The van der Waals surface area contributed by atoms with Crippen LogP contribution < -0.4 is 9.47 Å². The topological polar surface area (TPSA) is 42.2 Å². The third-order valence-electron chi connectivity index (χ3n) is 3.15. The lowest BCUT2D eigenvalue weighted by Gasteiger charge is -2.11. The molecule has 0 saturated heterocycles. The molecule has 0 aliphatic rings. The molecule has 4 heteroatoms. The molecule has 0 N–H and O–H groups in total. The van der Waals surface area contributed by atoms with E-state index in [4.69, 9.17) is 15.9 Å². The molecule has 0 amide bonds. The fourth-order valence-electron chi connectivity index (χ4n) is 2.12. The maximum absolute atomic E-state index is 13.3. The first-order chi connectivity index (χ1) is 11.7. The molecule has 0 aliphatic carbocycles. The molecule has 0 radical (unpaired) electrons. The van der Waals surface area contributed by atoms with Crippen LogP contribution in [-0.4, -0.2) is 13.2 Å². The van der Waals surface area contributed by atoms with Gasteiger partial charge in [0.1, 0.15) is 12.4 Å².